The standard InChI is InChI=1S/C19H24ClN/c1-5-16(15-9-7-6-8-10-15)19(21-4)17-11-14(3)18(20)12-13(17)2/h6-12,16,19,21H,5H2,1-4H3. The van der Waals surface area contributed by atoms with Gasteiger partial charge >= 0.3 is 0 Å². The van der Waals surface area contributed by atoms with Crippen LogP contribution in [0, 0.1) is 13.8 Å². The molecule has 2 unspecified atom stereocenters. The first-order chi connectivity index (χ1) is 10.1. The molecule has 2 aromatic carbocycles. The summed E-state index contributed by atoms with van der Waals surface area (Å²) < 4.78 is 0. The molecule has 0 spiro atoms. The molecule has 2 heteroatoms. The number of hydrogen-bond donors (Lipinski definition) is 1. The van der Waals surface area contributed by atoms with Crippen molar-refractivity contribution >= 4 is 11.6 Å². The zero-order valence-electron chi connectivity index (χ0n) is 13.3. The van der Waals surface area contributed by atoms with E-state index in [2.05, 4.69) is 68.6 Å². The van der Waals surface area contributed by atoms with Gasteiger partial charge in [-0.3, -0.25) is 0 Å². The van der Waals surface area contributed by atoms with Crippen LogP contribution in [0.4, 0.5) is 0 Å². The predicted octanol–water partition coefficient (Wildman–Crippen LogP) is 5.41. The molecule has 2 atom stereocenters. The first-order valence-corrected chi connectivity index (χ1v) is 7.95. The molecule has 0 fully saturated rings. The van der Waals surface area contributed by atoms with Gasteiger partial charge in [-0.15, -0.1) is 0 Å². The van der Waals surface area contributed by atoms with Gasteiger partial charge in [-0.25, -0.2) is 0 Å². The van der Waals surface area contributed by atoms with Crippen LogP contribution in [0.1, 0.15) is 47.6 Å². The molecule has 1 nitrogen and oxygen atoms in total. The number of benzene rings is 2. The van der Waals surface area contributed by atoms with Crippen molar-refractivity contribution in [1.29, 1.82) is 0 Å². The van der Waals surface area contributed by atoms with Crippen LogP contribution < -0.4 is 5.32 Å². The Kier molecular flexibility index (Phi) is 5.44. The summed E-state index contributed by atoms with van der Waals surface area (Å²) in [4.78, 5) is 0. The Bertz CT molecular complexity index is 592. The third kappa shape index (κ3) is 3.48. The van der Waals surface area contributed by atoms with Gasteiger partial charge in [-0.2, -0.15) is 0 Å². The molecule has 0 heterocycles. The summed E-state index contributed by atoms with van der Waals surface area (Å²) in [6.45, 7) is 6.46. The fourth-order valence-electron chi connectivity index (χ4n) is 3.08. The summed E-state index contributed by atoms with van der Waals surface area (Å²) >= 11 is 6.24. The monoisotopic (exact) mass is 301 g/mol. The smallest absolute Gasteiger partial charge is 0.0438 e. The third-order valence-electron chi connectivity index (χ3n) is 4.26. The Morgan fingerprint density at radius 3 is 2.29 bits per heavy atom. The maximum absolute atomic E-state index is 6.24. The van der Waals surface area contributed by atoms with Crippen LogP contribution in [0.2, 0.25) is 5.02 Å². The van der Waals surface area contributed by atoms with Gasteiger partial charge in [-0.05, 0) is 55.6 Å². The van der Waals surface area contributed by atoms with E-state index in [0.717, 1.165) is 17.0 Å². The minimum atomic E-state index is 0.299. The maximum atomic E-state index is 6.24. The lowest BCUT2D eigenvalue weighted by atomic mass is 9.83. The largest absolute Gasteiger partial charge is 0.312 e. The molecule has 112 valence electrons. The molecule has 0 bridgehead atoms. The van der Waals surface area contributed by atoms with E-state index in [4.69, 9.17) is 11.6 Å². The fraction of sp³-hybridized carbons (Fsp3) is 0.368. The van der Waals surface area contributed by atoms with Crippen LogP contribution in [-0.4, -0.2) is 7.05 Å². The van der Waals surface area contributed by atoms with E-state index in [9.17, 15) is 0 Å². The minimum Gasteiger partial charge on any atom is -0.312 e. The molecular weight excluding hydrogens is 278 g/mol. The highest BCUT2D eigenvalue weighted by atomic mass is 35.5. The number of aryl methyl sites for hydroxylation is 2. The van der Waals surface area contributed by atoms with Gasteiger partial charge in [-0.1, -0.05) is 54.9 Å². The third-order valence-corrected chi connectivity index (χ3v) is 4.67. The summed E-state index contributed by atoms with van der Waals surface area (Å²) in [5.74, 6) is 0.454. The molecule has 0 aliphatic heterocycles. The quantitative estimate of drug-likeness (QED) is 0.778. The van der Waals surface area contributed by atoms with Crippen molar-refractivity contribution < 1.29 is 0 Å². The molecular formula is C19H24ClN. The highest BCUT2D eigenvalue weighted by Crippen LogP contribution is 2.36. The highest BCUT2D eigenvalue weighted by Gasteiger charge is 2.23. The Balaban J connectivity index is 2.45. The average Bonchev–Trinajstić information content (AvgIpc) is 2.50. The summed E-state index contributed by atoms with van der Waals surface area (Å²) in [6, 6.07) is 15.3. The van der Waals surface area contributed by atoms with Gasteiger partial charge < -0.3 is 5.32 Å². The molecule has 0 amide bonds. The molecule has 1 N–H and O–H groups in total. The zero-order valence-corrected chi connectivity index (χ0v) is 14.0. The van der Waals surface area contributed by atoms with Crippen LogP contribution in [0.3, 0.4) is 0 Å². The van der Waals surface area contributed by atoms with Crippen LogP contribution in [0.15, 0.2) is 42.5 Å². The highest BCUT2D eigenvalue weighted by molar-refractivity contribution is 6.31. The number of hydrogen-bond acceptors (Lipinski definition) is 1. The molecule has 0 radical (unpaired) electrons. The van der Waals surface area contributed by atoms with Crippen molar-refractivity contribution in [3.05, 3.63) is 69.7 Å². The fourth-order valence-corrected chi connectivity index (χ4v) is 3.29. The lowest BCUT2D eigenvalue weighted by Gasteiger charge is -2.28. The Morgan fingerprint density at radius 2 is 1.71 bits per heavy atom. The van der Waals surface area contributed by atoms with E-state index in [0.29, 0.717) is 12.0 Å². The summed E-state index contributed by atoms with van der Waals surface area (Å²) in [5, 5.41) is 4.36. The van der Waals surface area contributed by atoms with Gasteiger partial charge in [0.2, 0.25) is 0 Å². The van der Waals surface area contributed by atoms with E-state index >= 15 is 0 Å². The zero-order chi connectivity index (χ0) is 15.4. The van der Waals surface area contributed by atoms with E-state index in [-0.39, 0.29) is 0 Å². The van der Waals surface area contributed by atoms with Crippen LogP contribution in [-0.2, 0) is 0 Å². The maximum Gasteiger partial charge on any atom is 0.0438 e. The second-order valence-electron chi connectivity index (χ2n) is 5.65. The van der Waals surface area contributed by atoms with E-state index in [1.165, 1.54) is 16.7 Å². The molecule has 2 aromatic rings. The molecule has 0 aliphatic rings. The second kappa shape index (κ2) is 7.11. The van der Waals surface area contributed by atoms with Gasteiger partial charge in [0.15, 0.2) is 0 Å². The van der Waals surface area contributed by atoms with E-state index < -0.39 is 0 Å². The molecule has 21 heavy (non-hydrogen) atoms. The Labute approximate surface area is 133 Å². The molecule has 2 rings (SSSR count). The van der Waals surface area contributed by atoms with Crippen LogP contribution in [0.5, 0.6) is 0 Å². The lowest BCUT2D eigenvalue weighted by Crippen LogP contribution is -2.24. The minimum absolute atomic E-state index is 0.299. The molecule has 0 saturated carbocycles. The first-order valence-electron chi connectivity index (χ1n) is 7.57. The van der Waals surface area contributed by atoms with E-state index in [1.807, 2.05) is 7.05 Å². The van der Waals surface area contributed by atoms with E-state index in [1.54, 1.807) is 0 Å². The van der Waals surface area contributed by atoms with Crippen molar-refractivity contribution in [2.24, 2.45) is 0 Å². The SMILES string of the molecule is CCC(c1ccccc1)C(NC)c1cc(C)c(Cl)cc1C. The summed E-state index contributed by atoms with van der Waals surface area (Å²) in [5.41, 5.74) is 5.11. The van der Waals surface area contributed by atoms with Crippen molar-refractivity contribution in [3.8, 4) is 0 Å². The summed E-state index contributed by atoms with van der Waals surface area (Å²) in [7, 11) is 2.04. The van der Waals surface area contributed by atoms with Crippen molar-refractivity contribution in [2.75, 3.05) is 7.05 Å². The summed E-state index contributed by atoms with van der Waals surface area (Å²) in [6.07, 6.45) is 1.09. The topological polar surface area (TPSA) is 12.0 Å². The molecule has 0 aliphatic carbocycles. The number of nitrogens with one attached hydrogen (secondary N) is 1. The van der Waals surface area contributed by atoms with Gasteiger partial charge in [0.1, 0.15) is 0 Å². The molecule has 0 aromatic heterocycles. The Hall–Kier alpha value is -1.31. The normalized spacial score (nSPS) is 14.0. The number of likely N-dealkylation sites (N-methyl/N-ethyl adjacent to an activating group) is 1. The number of rotatable bonds is 5. The van der Waals surface area contributed by atoms with Crippen LogP contribution in [0.25, 0.3) is 0 Å². The van der Waals surface area contributed by atoms with Gasteiger partial charge in [0.25, 0.3) is 0 Å². The van der Waals surface area contributed by atoms with Gasteiger partial charge in [0.05, 0.1) is 0 Å². The van der Waals surface area contributed by atoms with Gasteiger partial charge in [0, 0.05) is 17.0 Å². The Morgan fingerprint density at radius 1 is 1.05 bits per heavy atom. The van der Waals surface area contributed by atoms with Crippen molar-refractivity contribution in [1.82, 2.24) is 5.32 Å². The number of halogens is 1. The van der Waals surface area contributed by atoms with Crippen LogP contribution >= 0.6 is 11.6 Å². The van der Waals surface area contributed by atoms with Crippen molar-refractivity contribution in [3.63, 3.8) is 0 Å². The second-order valence-corrected chi connectivity index (χ2v) is 6.06. The average molecular weight is 302 g/mol. The first kappa shape index (κ1) is 16.1. The lowest BCUT2D eigenvalue weighted by molar-refractivity contribution is 0.466. The van der Waals surface area contributed by atoms with Crippen molar-refractivity contribution in [2.45, 2.75) is 39.2 Å². The molecule has 0 saturated heterocycles. The predicted molar refractivity (Wildman–Crippen MR) is 92.2 cm³/mol.